The first kappa shape index (κ1) is 12.8. The average molecular weight is 243 g/mol. The Hall–Kier alpha value is -1.22. The number of methoxy groups -OCH3 is 1. The van der Waals surface area contributed by atoms with Crippen molar-refractivity contribution >= 4 is 17.6 Å². The van der Waals surface area contributed by atoms with Crippen LogP contribution < -0.4 is 4.74 Å². The quantitative estimate of drug-likeness (QED) is 0.602. The van der Waals surface area contributed by atoms with E-state index in [1.807, 2.05) is 6.07 Å². The van der Waals surface area contributed by atoms with Crippen LogP contribution in [0.2, 0.25) is 0 Å². The summed E-state index contributed by atoms with van der Waals surface area (Å²) in [5.74, 6) is 0.463. The third-order valence-electron chi connectivity index (χ3n) is 1.98. The first-order chi connectivity index (χ1) is 7.58. The Morgan fingerprint density at radius 1 is 1.44 bits per heavy atom. The van der Waals surface area contributed by atoms with Crippen molar-refractivity contribution < 1.29 is 14.3 Å². The van der Waals surface area contributed by atoms with Crippen LogP contribution in [-0.4, -0.2) is 19.2 Å². The fourth-order valence-electron chi connectivity index (χ4n) is 1.28. The molecule has 0 N–H and O–H groups in total. The van der Waals surface area contributed by atoms with Gasteiger partial charge in [0.05, 0.1) is 13.2 Å². The standard InChI is InChI=1S/C12H15ClO3/c1-8(2)16-12(14)10-6-9(7-13)4-5-11(10)15-3/h4-6,8H,7H2,1-3H3. The first-order valence-electron chi connectivity index (χ1n) is 5.02. The van der Waals surface area contributed by atoms with E-state index in [4.69, 9.17) is 21.1 Å². The predicted octanol–water partition coefficient (Wildman–Crippen LogP) is 3.00. The van der Waals surface area contributed by atoms with Gasteiger partial charge in [-0.1, -0.05) is 6.07 Å². The van der Waals surface area contributed by atoms with Gasteiger partial charge in [-0.2, -0.15) is 0 Å². The molecule has 0 atom stereocenters. The lowest BCUT2D eigenvalue weighted by Gasteiger charge is -2.11. The monoisotopic (exact) mass is 242 g/mol. The highest BCUT2D eigenvalue weighted by Gasteiger charge is 2.15. The van der Waals surface area contributed by atoms with Crippen molar-refractivity contribution in [3.8, 4) is 5.75 Å². The van der Waals surface area contributed by atoms with E-state index in [1.165, 1.54) is 7.11 Å². The Morgan fingerprint density at radius 3 is 2.62 bits per heavy atom. The minimum atomic E-state index is -0.390. The Kier molecular flexibility index (Phi) is 4.62. The molecule has 0 spiro atoms. The van der Waals surface area contributed by atoms with Gasteiger partial charge in [0.2, 0.25) is 0 Å². The molecule has 0 amide bonds. The molecule has 0 aliphatic rings. The molecule has 0 aliphatic heterocycles. The second-order valence-electron chi connectivity index (χ2n) is 3.62. The van der Waals surface area contributed by atoms with E-state index < -0.39 is 0 Å². The summed E-state index contributed by atoms with van der Waals surface area (Å²) in [5, 5.41) is 0. The van der Waals surface area contributed by atoms with Crippen LogP contribution in [0.5, 0.6) is 5.75 Å². The molecular weight excluding hydrogens is 228 g/mol. The van der Waals surface area contributed by atoms with Gasteiger partial charge in [-0.3, -0.25) is 0 Å². The molecule has 0 saturated heterocycles. The molecule has 1 aromatic rings. The van der Waals surface area contributed by atoms with Gasteiger partial charge in [0.1, 0.15) is 11.3 Å². The zero-order valence-electron chi connectivity index (χ0n) is 9.62. The van der Waals surface area contributed by atoms with Crippen LogP contribution in [0, 0.1) is 0 Å². The summed E-state index contributed by atoms with van der Waals surface area (Å²) in [6, 6.07) is 5.23. The fraction of sp³-hybridized carbons (Fsp3) is 0.417. The summed E-state index contributed by atoms with van der Waals surface area (Å²) in [4.78, 5) is 11.8. The molecule has 0 saturated carbocycles. The van der Waals surface area contributed by atoms with E-state index in [0.717, 1.165) is 5.56 Å². The van der Waals surface area contributed by atoms with Gasteiger partial charge in [0.25, 0.3) is 0 Å². The summed E-state index contributed by atoms with van der Waals surface area (Å²) in [7, 11) is 1.52. The Morgan fingerprint density at radius 2 is 2.12 bits per heavy atom. The molecule has 3 nitrogen and oxygen atoms in total. The number of hydrogen-bond donors (Lipinski definition) is 0. The fourth-order valence-corrected chi connectivity index (χ4v) is 1.44. The molecule has 0 unspecified atom stereocenters. The molecule has 0 heterocycles. The summed E-state index contributed by atoms with van der Waals surface area (Å²) in [6.07, 6.45) is -0.156. The number of carbonyl (C=O) groups is 1. The van der Waals surface area contributed by atoms with Crippen LogP contribution >= 0.6 is 11.6 Å². The topological polar surface area (TPSA) is 35.5 Å². The average Bonchev–Trinajstić information content (AvgIpc) is 2.27. The lowest BCUT2D eigenvalue weighted by Crippen LogP contribution is -2.13. The van der Waals surface area contributed by atoms with E-state index >= 15 is 0 Å². The second-order valence-corrected chi connectivity index (χ2v) is 3.89. The van der Waals surface area contributed by atoms with Crippen molar-refractivity contribution in [1.29, 1.82) is 0 Å². The minimum absolute atomic E-state index is 0.156. The molecule has 0 fully saturated rings. The van der Waals surface area contributed by atoms with Crippen molar-refractivity contribution in [1.82, 2.24) is 0 Å². The van der Waals surface area contributed by atoms with E-state index in [0.29, 0.717) is 17.2 Å². The first-order valence-corrected chi connectivity index (χ1v) is 5.55. The van der Waals surface area contributed by atoms with Gasteiger partial charge >= 0.3 is 5.97 Å². The smallest absolute Gasteiger partial charge is 0.342 e. The van der Waals surface area contributed by atoms with Gasteiger partial charge in [0.15, 0.2) is 0 Å². The molecule has 0 radical (unpaired) electrons. The summed E-state index contributed by atoms with van der Waals surface area (Å²) < 4.78 is 10.2. The minimum Gasteiger partial charge on any atom is -0.496 e. The molecule has 4 heteroatoms. The van der Waals surface area contributed by atoms with E-state index in [2.05, 4.69) is 0 Å². The normalized spacial score (nSPS) is 10.3. The number of esters is 1. The second kappa shape index (κ2) is 5.75. The molecule has 88 valence electrons. The molecular formula is C12H15ClO3. The van der Waals surface area contributed by atoms with Crippen molar-refractivity contribution in [3.63, 3.8) is 0 Å². The maximum atomic E-state index is 11.8. The highest BCUT2D eigenvalue weighted by Crippen LogP contribution is 2.22. The zero-order chi connectivity index (χ0) is 12.1. The molecule has 0 bridgehead atoms. The predicted molar refractivity (Wildman–Crippen MR) is 63.1 cm³/mol. The van der Waals surface area contributed by atoms with Crippen molar-refractivity contribution in [3.05, 3.63) is 29.3 Å². The lowest BCUT2D eigenvalue weighted by molar-refractivity contribution is 0.0374. The van der Waals surface area contributed by atoms with Crippen molar-refractivity contribution in [2.45, 2.75) is 25.8 Å². The maximum absolute atomic E-state index is 11.8. The Labute approximate surface area is 100 Å². The van der Waals surface area contributed by atoms with Crippen LogP contribution in [0.4, 0.5) is 0 Å². The lowest BCUT2D eigenvalue weighted by atomic mass is 10.1. The summed E-state index contributed by atoms with van der Waals surface area (Å²) in [5.41, 5.74) is 1.27. The highest BCUT2D eigenvalue weighted by atomic mass is 35.5. The van der Waals surface area contributed by atoms with Gasteiger partial charge in [-0.15, -0.1) is 11.6 Å². The number of benzene rings is 1. The van der Waals surface area contributed by atoms with Crippen LogP contribution in [0.3, 0.4) is 0 Å². The molecule has 1 rings (SSSR count). The Bertz CT molecular complexity index is 375. The molecule has 0 aliphatic carbocycles. The van der Waals surface area contributed by atoms with Crippen LogP contribution in [0.1, 0.15) is 29.8 Å². The van der Waals surface area contributed by atoms with Crippen LogP contribution in [0.25, 0.3) is 0 Å². The van der Waals surface area contributed by atoms with Gasteiger partial charge in [-0.05, 0) is 31.5 Å². The van der Waals surface area contributed by atoms with Crippen LogP contribution in [-0.2, 0) is 10.6 Å². The third-order valence-corrected chi connectivity index (χ3v) is 2.29. The number of ether oxygens (including phenoxy) is 2. The number of hydrogen-bond acceptors (Lipinski definition) is 3. The summed E-state index contributed by atoms with van der Waals surface area (Å²) >= 11 is 5.71. The number of halogens is 1. The number of rotatable bonds is 4. The molecule has 0 aromatic heterocycles. The number of alkyl halides is 1. The van der Waals surface area contributed by atoms with Crippen molar-refractivity contribution in [2.75, 3.05) is 7.11 Å². The van der Waals surface area contributed by atoms with Gasteiger partial charge < -0.3 is 9.47 Å². The van der Waals surface area contributed by atoms with E-state index in [9.17, 15) is 4.79 Å². The Balaban J connectivity index is 3.03. The maximum Gasteiger partial charge on any atom is 0.342 e. The zero-order valence-corrected chi connectivity index (χ0v) is 10.4. The molecule has 1 aromatic carbocycles. The third kappa shape index (κ3) is 3.14. The van der Waals surface area contributed by atoms with Crippen LogP contribution in [0.15, 0.2) is 18.2 Å². The largest absolute Gasteiger partial charge is 0.496 e. The SMILES string of the molecule is COc1ccc(CCl)cc1C(=O)OC(C)C. The van der Waals surface area contributed by atoms with E-state index in [-0.39, 0.29) is 12.1 Å². The van der Waals surface area contributed by atoms with Gasteiger partial charge in [-0.25, -0.2) is 4.79 Å². The van der Waals surface area contributed by atoms with Crippen molar-refractivity contribution in [2.24, 2.45) is 0 Å². The highest BCUT2D eigenvalue weighted by molar-refractivity contribution is 6.17. The molecule has 16 heavy (non-hydrogen) atoms. The van der Waals surface area contributed by atoms with E-state index in [1.54, 1.807) is 26.0 Å². The summed E-state index contributed by atoms with van der Waals surface area (Å²) in [6.45, 7) is 3.60. The number of carbonyl (C=O) groups excluding carboxylic acids is 1. The van der Waals surface area contributed by atoms with Gasteiger partial charge in [0, 0.05) is 5.88 Å².